The number of halogens is 1. The van der Waals surface area contributed by atoms with Crippen molar-refractivity contribution < 1.29 is 8.42 Å². The van der Waals surface area contributed by atoms with Crippen molar-refractivity contribution in [1.29, 1.82) is 0 Å². The number of nitrogens with one attached hydrogen (secondary N) is 1. The molecule has 0 atom stereocenters. The van der Waals surface area contributed by atoms with Gasteiger partial charge in [0.1, 0.15) is 0 Å². The van der Waals surface area contributed by atoms with Gasteiger partial charge in [0.2, 0.25) is 0 Å². The maximum Gasteiger partial charge on any atom is 0.279 e. The van der Waals surface area contributed by atoms with Crippen molar-refractivity contribution in [3.05, 3.63) is 28.8 Å². The fourth-order valence-electron chi connectivity index (χ4n) is 2.52. The Labute approximate surface area is 132 Å². The minimum absolute atomic E-state index is 0.0912. The summed E-state index contributed by atoms with van der Waals surface area (Å²) < 4.78 is 28.4. The summed E-state index contributed by atoms with van der Waals surface area (Å²) in [7, 11) is -3.37. The van der Waals surface area contributed by atoms with Crippen LogP contribution in [0.3, 0.4) is 0 Å². The molecule has 0 aliphatic carbocycles. The van der Waals surface area contributed by atoms with E-state index >= 15 is 0 Å². The van der Waals surface area contributed by atoms with E-state index in [-0.39, 0.29) is 6.04 Å². The lowest BCUT2D eigenvalue weighted by atomic mass is 10.1. The van der Waals surface area contributed by atoms with Gasteiger partial charge in [0.25, 0.3) is 10.2 Å². The third-order valence-corrected chi connectivity index (χ3v) is 5.51. The second-order valence-electron chi connectivity index (χ2n) is 5.59. The number of piperazine rings is 1. The molecular weight excluding hydrogens is 310 g/mol. The first-order valence-electron chi connectivity index (χ1n) is 7.08. The zero-order chi connectivity index (χ0) is 15.6. The molecule has 1 N–H and O–H groups in total. The molecule has 1 aliphatic rings. The SMILES string of the molecule is Cc1cc(Cl)ccc1N1CCN(S(=O)(=O)NC(C)C)CC1. The molecule has 0 spiro atoms. The van der Waals surface area contributed by atoms with Crippen LogP contribution in [0.5, 0.6) is 0 Å². The van der Waals surface area contributed by atoms with E-state index in [4.69, 9.17) is 11.6 Å². The van der Waals surface area contributed by atoms with E-state index in [0.29, 0.717) is 26.2 Å². The van der Waals surface area contributed by atoms with Gasteiger partial charge in [-0.15, -0.1) is 0 Å². The zero-order valence-electron chi connectivity index (χ0n) is 12.6. The highest BCUT2D eigenvalue weighted by molar-refractivity contribution is 7.87. The molecule has 7 heteroatoms. The molecule has 5 nitrogen and oxygen atoms in total. The van der Waals surface area contributed by atoms with E-state index in [1.54, 1.807) is 0 Å². The van der Waals surface area contributed by atoms with Gasteiger partial charge in [-0.1, -0.05) is 11.6 Å². The standard InChI is InChI=1S/C14H22ClN3O2S/c1-11(2)16-21(19,20)18-8-6-17(7-9-18)14-5-4-13(15)10-12(14)3/h4-5,10-11,16H,6-9H2,1-3H3. The van der Waals surface area contributed by atoms with Gasteiger partial charge in [0, 0.05) is 42.9 Å². The Bertz CT molecular complexity index is 596. The first-order valence-corrected chi connectivity index (χ1v) is 8.90. The minimum Gasteiger partial charge on any atom is -0.369 e. The lowest BCUT2D eigenvalue weighted by Crippen LogP contribution is -2.53. The number of hydrogen-bond donors (Lipinski definition) is 1. The maximum absolute atomic E-state index is 12.1. The molecule has 21 heavy (non-hydrogen) atoms. The molecular formula is C14H22ClN3O2S. The number of hydrogen-bond acceptors (Lipinski definition) is 3. The van der Waals surface area contributed by atoms with Gasteiger partial charge in [0.05, 0.1) is 0 Å². The van der Waals surface area contributed by atoms with E-state index in [1.807, 2.05) is 39.0 Å². The Morgan fingerprint density at radius 1 is 1.19 bits per heavy atom. The summed E-state index contributed by atoms with van der Waals surface area (Å²) in [6.45, 7) is 8.01. The summed E-state index contributed by atoms with van der Waals surface area (Å²) in [5.41, 5.74) is 2.23. The van der Waals surface area contributed by atoms with Gasteiger partial charge in [-0.05, 0) is 44.5 Å². The van der Waals surface area contributed by atoms with Crippen LogP contribution in [0.4, 0.5) is 5.69 Å². The second kappa shape index (κ2) is 6.52. The van der Waals surface area contributed by atoms with E-state index in [1.165, 1.54) is 4.31 Å². The molecule has 0 radical (unpaired) electrons. The number of benzene rings is 1. The van der Waals surface area contributed by atoms with Crippen molar-refractivity contribution in [2.45, 2.75) is 26.8 Å². The highest BCUT2D eigenvalue weighted by Crippen LogP contribution is 2.24. The molecule has 0 unspecified atom stereocenters. The van der Waals surface area contributed by atoms with Gasteiger partial charge in [-0.2, -0.15) is 17.4 Å². The second-order valence-corrected chi connectivity index (χ2v) is 7.73. The van der Waals surface area contributed by atoms with Crippen molar-refractivity contribution >= 4 is 27.5 Å². The molecule has 0 amide bonds. The highest BCUT2D eigenvalue weighted by atomic mass is 35.5. The average Bonchev–Trinajstić information content (AvgIpc) is 2.37. The van der Waals surface area contributed by atoms with Gasteiger partial charge in [-0.25, -0.2) is 0 Å². The molecule has 0 bridgehead atoms. The third kappa shape index (κ3) is 4.10. The van der Waals surface area contributed by atoms with Crippen LogP contribution in [-0.4, -0.2) is 44.9 Å². The Hall–Kier alpha value is -0.820. The van der Waals surface area contributed by atoms with Crippen LogP contribution in [0.2, 0.25) is 5.02 Å². The van der Waals surface area contributed by atoms with E-state index in [2.05, 4.69) is 9.62 Å². The van der Waals surface area contributed by atoms with Gasteiger partial charge < -0.3 is 4.90 Å². The smallest absolute Gasteiger partial charge is 0.279 e. The Morgan fingerprint density at radius 2 is 1.81 bits per heavy atom. The fourth-order valence-corrected chi connectivity index (χ4v) is 4.13. The molecule has 118 valence electrons. The fraction of sp³-hybridized carbons (Fsp3) is 0.571. The first-order chi connectivity index (χ1) is 9.79. The monoisotopic (exact) mass is 331 g/mol. The van der Waals surface area contributed by atoms with Crippen molar-refractivity contribution in [2.75, 3.05) is 31.1 Å². The Morgan fingerprint density at radius 3 is 2.33 bits per heavy atom. The summed E-state index contributed by atoms with van der Waals surface area (Å²) >= 11 is 5.97. The number of anilines is 1. The van der Waals surface area contributed by atoms with Crippen molar-refractivity contribution in [3.63, 3.8) is 0 Å². The van der Waals surface area contributed by atoms with Crippen LogP contribution >= 0.6 is 11.6 Å². The Kier molecular flexibility index (Phi) is 5.14. The maximum atomic E-state index is 12.1. The largest absolute Gasteiger partial charge is 0.369 e. The molecule has 1 saturated heterocycles. The van der Waals surface area contributed by atoms with Crippen LogP contribution in [-0.2, 0) is 10.2 Å². The number of rotatable bonds is 4. The summed E-state index contributed by atoms with van der Waals surface area (Å²) in [6.07, 6.45) is 0. The van der Waals surface area contributed by atoms with Gasteiger partial charge >= 0.3 is 0 Å². The zero-order valence-corrected chi connectivity index (χ0v) is 14.2. The molecule has 1 aliphatic heterocycles. The van der Waals surface area contributed by atoms with Crippen molar-refractivity contribution in [2.24, 2.45) is 0 Å². The molecule has 2 rings (SSSR count). The third-order valence-electron chi connectivity index (χ3n) is 3.46. The average molecular weight is 332 g/mol. The lowest BCUT2D eigenvalue weighted by Gasteiger charge is -2.36. The molecule has 1 aromatic rings. The molecule has 1 fully saturated rings. The predicted molar refractivity (Wildman–Crippen MR) is 87.2 cm³/mol. The summed E-state index contributed by atoms with van der Waals surface area (Å²) in [6, 6.07) is 5.70. The van der Waals surface area contributed by atoms with E-state index in [9.17, 15) is 8.42 Å². The van der Waals surface area contributed by atoms with Crippen LogP contribution in [0.1, 0.15) is 19.4 Å². The number of nitrogens with zero attached hydrogens (tertiary/aromatic N) is 2. The summed E-state index contributed by atoms with van der Waals surface area (Å²) in [4.78, 5) is 2.20. The van der Waals surface area contributed by atoms with Gasteiger partial charge in [-0.3, -0.25) is 0 Å². The molecule has 0 saturated carbocycles. The van der Waals surface area contributed by atoms with E-state index < -0.39 is 10.2 Å². The lowest BCUT2D eigenvalue weighted by molar-refractivity contribution is 0.375. The minimum atomic E-state index is -3.37. The number of aryl methyl sites for hydroxylation is 1. The van der Waals surface area contributed by atoms with Crippen molar-refractivity contribution in [1.82, 2.24) is 9.03 Å². The van der Waals surface area contributed by atoms with E-state index in [0.717, 1.165) is 16.3 Å². The van der Waals surface area contributed by atoms with Crippen LogP contribution in [0.25, 0.3) is 0 Å². The van der Waals surface area contributed by atoms with Crippen LogP contribution in [0.15, 0.2) is 18.2 Å². The topological polar surface area (TPSA) is 52.7 Å². The quantitative estimate of drug-likeness (QED) is 0.918. The predicted octanol–water partition coefficient (Wildman–Crippen LogP) is 2.01. The first kappa shape index (κ1) is 16.5. The Balaban J connectivity index is 2.03. The summed E-state index contributed by atoms with van der Waals surface area (Å²) in [5.74, 6) is 0. The molecule has 1 aromatic carbocycles. The summed E-state index contributed by atoms with van der Waals surface area (Å²) in [5, 5.41) is 0.721. The highest BCUT2D eigenvalue weighted by Gasteiger charge is 2.27. The molecule has 0 aromatic heterocycles. The normalized spacial score (nSPS) is 17.5. The molecule has 1 heterocycles. The van der Waals surface area contributed by atoms with Gasteiger partial charge in [0.15, 0.2) is 0 Å². The van der Waals surface area contributed by atoms with Crippen molar-refractivity contribution in [3.8, 4) is 0 Å². The van der Waals surface area contributed by atoms with Crippen LogP contribution in [0, 0.1) is 6.92 Å². The van der Waals surface area contributed by atoms with Crippen LogP contribution < -0.4 is 9.62 Å².